The third-order valence-corrected chi connectivity index (χ3v) is 18.0. The van der Waals surface area contributed by atoms with Crippen LogP contribution in [0.3, 0.4) is 0 Å². The highest BCUT2D eigenvalue weighted by molar-refractivity contribution is 9.10. The number of hydrogen-bond donors (Lipinski definition) is 0. The predicted molar refractivity (Wildman–Crippen MR) is 311 cm³/mol. The van der Waals surface area contributed by atoms with E-state index in [1.165, 1.54) is 66.8 Å². The Labute approximate surface area is 443 Å². The van der Waals surface area contributed by atoms with Crippen LogP contribution in [0, 0.1) is 0 Å². The van der Waals surface area contributed by atoms with Crippen molar-refractivity contribution in [2.24, 2.45) is 0 Å². The minimum absolute atomic E-state index is 0.558. The van der Waals surface area contributed by atoms with Gasteiger partial charge < -0.3 is 0 Å². The number of rotatable bonds is 6. The molecule has 0 unspecified atom stereocenters. The highest BCUT2D eigenvalue weighted by Gasteiger charge is 2.49. The molecule has 2 heterocycles. The summed E-state index contributed by atoms with van der Waals surface area (Å²) in [5, 5.41) is 4.39. The van der Waals surface area contributed by atoms with Gasteiger partial charge in [0.05, 0.1) is 31.6 Å². The van der Waals surface area contributed by atoms with Crippen LogP contribution in [0.15, 0.2) is 252 Å². The Morgan fingerprint density at radius 3 is 1.00 bits per heavy atom. The summed E-state index contributed by atoms with van der Waals surface area (Å²) in [5.41, 5.74) is 19.7. The Hall–Kier alpha value is -7.80. The lowest BCUT2D eigenvalue weighted by Crippen LogP contribution is -2.28. The third kappa shape index (κ3) is 5.96. The highest BCUT2D eigenvalue weighted by Crippen LogP contribution is 2.62. The summed E-state index contributed by atoms with van der Waals surface area (Å²) in [6.07, 6.45) is 0. The molecule has 5 heteroatoms. The molecule has 0 N–H and O–H groups in total. The summed E-state index contributed by atoms with van der Waals surface area (Å²) in [5.74, 6) is 0. The fraction of sp³-hybridized carbons (Fsp3) is 0.0294. The molecule has 13 aromatic rings. The molecule has 15 rings (SSSR count). The molecule has 2 aliphatic carbocycles. The van der Waals surface area contributed by atoms with E-state index in [1.807, 2.05) is 11.3 Å². The minimum atomic E-state index is -0.558. The lowest BCUT2D eigenvalue weighted by Gasteiger charge is -2.34. The first-order valence-electron chi connectivity index (χ1n) is 24.7. The molecule has 0 radical (unpaired) electrons. The van der Waals surface area contributed by atoms with Crippen LogP contribution in [0.1, 0.15) is 44.5 Å². The Balaban J connectivity index is 1.10. The summed E-state index contributed by atoms with van der Waals surface area (Å²) in [7, 11) is 0. The van der Waals surface area contributed by atoms with Gasteiger partial charge in [-0.3, -0.25) is 0 Å². The van der Waals surface area contributed by atoms with Crippen LogP contribution in [0.4, 0.5) is 0 Å². The monoisotopic (exact) mass is 1070 g/mol. The van der Waals surface area contributed by atoms with Crippen molar-refractivity contribution < 1.29 is 0 Å². The van der Waals surface area contributed by atoms with E-state index in [1.54, 1.807) is 0 Å². The summed E-state index contributed by atoms with van der Waals surface area (Å²) >= 11 is 9.48. The minimum Gasteiger partial charge on any atom is -0.242 e. The largest absolute Gasteiger partial charge is 0.242 e. The predicted octanol–water partition coefficient (Wildman–Crippen LogP) is 18.7. The van der Waals surface area contributed by atoms with E-state index in [0.29, 0.717) is 0 Å². The summed E-state index contributed by atoms with van der Waals surface area (Å²) in [6.45, 7) is 0. The van der Waals surface area contributed by atoms with Gasteiger partial charge in [-0.15, -0.1) is 11.3 Å². The molecule has 73 heavy (non-hydrogen) atoms. The maximum absolute atomic E-state index is 5.95. The zero-order valence-electron chi connectivity index (χ0n) is 39.2. The van der Waals surface area contributed by atoms with Gasteiger partial charge in [0, 0.05) is 30.8 Å². The molecule has 0 aliphatic heterocycles. The first-order valence-corrected chi connectivity index (χ1v) is 27.1. The van der Waals surface area contributed by atoms with Gasteiger partial charge in [0.1, 0.15) is 11.0 Å². The summed E-state index contributed by atoms with van der Waals surface area (Å²) in [6, 6.07) is 89.4. The van der Waals surface area contributed by atoms with E-state index in [9.17, 15) is 0 Å². The molecule has 0 spiro atoms. The number of thiophene rings is 1. The lowest BCUT2D eigenvalue weighted by molar-refractivity contribution is 0.768. The van der Waals surface area contributed by atoms with E-state index < -0.39 is 10.8 Å². The second-order valence-corrected chi connectivity index (χ2v) is 22.1. The number of aromatic nitrogens is 2. The zero-order valence-corrected chi connectivity index (χ0v) is 43.1. The standard InChI is InChI=1S/C68H40Br2N2S/c69-45-35-37-47-53(39-45)54-40-46(70)36-38-48(54)62-61(47)71-63-64(72-62)66(52-30-18-34-58-60(52)50-28-14-16-32-56(50)68(58,43-23-9-3-10-24-43)44-25-11-4-12-26-44)73-65(63)51-29-17-33-57-59(51)49-27-13-15-31-55(49)67(57,41-19-5-1-6-20-41)42-21-7-2-8-22-42/h1-40H. The molecule has 2 aliphatic rings. The van der Waals surface area contributed by atoms with Gasteiger partial charge >= 0.3 is 0 Å². The smallest absolute Gasteiger partial charge is 0.109 e. The molecular formula is C68H40Br2N2S. The average Bonchev–Trinajstić information content (AvgIpc) is 4.17. The number of nitrogens with zero attached hydrogens (tertiary/aromatic N) is 2. The highest BCUT2D eigenvalue weighted by atomic mass is 79.9. The van der Waals surface area contributed by atoms with Gasteiger partial charge in [0.25, 0.3) is 0 Å². The molecule has 0 saturated heterocycles. The van der Waals surface area contributed by atoms with Gasteiger partial charge in [0.2, 0.25) is 0 Å². The van der Waals surface area contributed by atoms with E-state index in [0.717, 1.165) is 73.4 Å². The van der Waals surface area contributed by atoms with Crippen molar-refractivity contribution in [2.75, 3.05) is 0 Å². The van der Waals surface area contributed by atoms with Crippen molar-refractivity contribution in [3.05, 3.63) is 296 Å². The Bertz CT molecular complexity index is 4040. The van der Waals surface area contributed by atoms with Gasteiger partial charge in [-0.25, -0.2) is 9.97 Å². The fourth-order valence-electron chi connectivity index (χ4n) is 12.9. The third-order valence-electron chi connectivity index (χ3n) is 15.7. The maximum Gasteiger partial charge on any atom is 0.109 e. The molecule has 0 atom stereocenters. The van der Waals surface area contributed by atoms with Crippen LogP contribution in [-0.2, 0) is 10.8 Å². The molecule has 2 aromatic heterocycles. The Morgan fingerprint density at radius 2 is 0.616 bits per heavy atom. The van der Waals surface area contributed by atoms with Crippen molar-refractivity contribution >= 4 is 86.8 Å². The second kappa shape index (κ2) is 16.4. The maximum atomic E-state index is 5.95. The molecule has 0 bridgehead atoms. The summed E-state index contributed by atoms with van der Waals surface area (Å²) in [4.78, 5) is 14.1. The van der Waals surface area contributed by atoms with Crippen LogP contribution in [-0.4, -0.2) is 9.97 Å². The summed E-state index contributed by atoms with van der Waals surface area (Å²) < 4.78 is 2.04. The van der Waals surface area contributed by atoms with Crippen molar-refractivity contribution in [3.8, 4) is 43.1 Å². The van der Waals surface area contributed by atoms with E-state index in [2.05, 4.69) is 275 Å². The molecule has 0 amide bonds. The van der Waals surface area contributed by atoms with Gasteiger partial charge in [-0.2, -0.15) is 0 Å². The van der Waals surface area contributed by atoms with Gasteiger partial charge in [0.15, 0.2) is 0 Å². The van der Waals surface area contributed by atoms with Crippen molar-refractivity contribution in [2.45, 2.75) is 10.8 Å². The molecule has 0 saturated carbocycles. The van der Waals surface area contributed by atoms with Crippen molar-refractivity contribution in [1.82, 2.24) is 9.97 Å². The fourth-order valence-corrected chi connectivity index (χ4v) is 14.9. The zero-order chi connectivity index (χ0) is 48.4. The van der Waals surface area contributed by atoms with Crippen LogP contribution in [0.5, 0.6) is 0 Å². The van der Waals surface area contributed by atoms with Crippen LogP contribution < -0.4 is 0 Å². The number of hydrogen-bond acceptors (Lipinski definition) is 3. The molecule has 11 aromatic carbocycles. The average molecular weight is 1080 g/mol. The van der Waals surface area contributed by atoms with Crippen LogP contribution >= 0.6 is 43.2 Å². The topological polar surface area (TPSA) is 25.8 Å². The van der Waals surface area contributed by atoms with E-state index in [4.69, 9.17) is 9.97 Å². The number of benzene rings is 11. The van der Waals surface area contributed by atoms with Crippen LogP contribution in [0.2, 0.25) is 0 Å². The van der Waals surface area contributed by atoms with Gasteiger partial charge in [-0.05, 0) is 102 Å². The van der Waals surface area contributed by atoms with E-state index in [-0.39, 0.29) is 0 Å². The van der Waals surface area contributed by atoms with Crippen LogP contribution in [0.25, 0.3) is 86.7 Å². The first-order chi connectivity index (χ1) is 36.0. The lowest BCUT2D eigenvalue weighted by atomic mass is 9.67. The Kier molecular flexibility index (Phi) is 9.60. The van der Waals surface area contributed by atoms with E-state index >= 15 is 0 Å². The quantitative estimate of drug-likeness (QED) is 0.155. The van der Waals surface area contributed by atoms with Crippen molar-refractivity contribution in [1.29, 1.82) is 0 Å². The molecular weight excluding hydrogens is 1040 g/mol. The second-order valence-electron chi connectivity index (χ2n) is 19.3. The number of fused-ring (bicyclic) bond motifs is 13. The molecule has 0 fully saturated rings. The SMILES string of the molecule is Brc1ccc2c(c1)c1cc(Br)ccc1c1nc3c(-c4cccc5c4-c4ccccc4C5(c4ccccc4)c4ccccc4)sc(-c4cccc5c4-c4ccccc4C5(c4ccccc4)c4ccccc4)c3nc21. The van der Waals surface area contributed by atoms with Gasteiger partial charge in [-0.1, -0.05) is 250 Å². The normalized spacial score (nSPS) is 13.8. The van der Waals surface area contributed by atoms with Crippen molar-refractivity contribution in [3.63, 3.8) is 0 Å². The first kappa shape index (κ1) is 42.8. The number of halogens is 2. The molecule has 342 valence electrons. The Morgan fingerprint density at radius 1 is 0.288 bits per heavy atom. The molecule has 2 nitrogen and oxygen atoms in total.